The van der Waals surface area contributed by atoms with E-state index in [1.54, 1.807) is 24.3 Å². The molecule has 3 rings (SSSR count). The van der Waals surface area contributed by atoms with Gasteiger partial charge in [-0.1, -0.05) is 25.1 Å². The van der Waals surface area contributed by atoms with Crippen LogP contribution < -0.4 is 0 Å². The Bertz CT molecular complexity index is 1010. The molecule has 3 aromatic rings. The van der Waals surface area contributed by atoms with Gasteiger partial charge in [0.25, 0.3) is 5.89 Å². The van der Waals surface area contributed by atoms with Crippen molar-refractivity contribution in [1.29, 1.82) is 0 Å². The summed E-state index contributed by atoms with van der Waals surface area (Å²) in [6.07, 6.45) is 3.42. The summed E-state index contributed by atoms with van der Waals surface area (Å²) in [5.41, 5.74) is 2.11. The Balaban J connectivity index is 1.96. The van der Waals surface area contributed by atoms with Crippen LogP contribution in [0.15, 0.2) is 59.6 Å². The van der Waals surface area contributed by atoms with Gasteiger partial charge in [-0.15, -0.1) is 6.58 Å². The summed E-state index contributed by atoms with van der Waals surface area (Å²) in [7, 11) is 0. The standard InChI is InChI=1S/C22H22N2O4/c1-4-12-22(3,5-2)17-13-16(10-11-18(17)25)19-23-20(28-24-19)14-6-8-15(9-7-14)21(26)27/h4,6-11,13,25H,1,5,12H2,2-3H3,(H,26,27). The molecule has 1 atom stereocenters. The summed E-state index contributed by atoms with van der Waals surface area (Å²) in [5, 5.41) is 23.4. The number of hydrogen-bond acceptors (Lipinski definition) is 5. The van der Waals surface area contributed by atoms with Gasteiger partial charge in [0.2, 0.25) is 5.82 Å². The maximum Gasteiger partial charge on any atom is 0.335 e. The van der Waals surface area contributed by atoms with E-state index in [1.165, 1.54) is 12.1 Å². The molecule has 0 aliphatic carbocycles. The number of phenols is 1. The van der Waals surface area contributed by atoms with Crippen LogP contribution in [-0.2, 0) is 5.41 Å². The van der Waals surface area contributed by atoms with Crippen molar-refractivity contribution >= 4 is 5.97 Å². The lowest BCUT2D eigenvalue weighted by Gasteiger charge is -2.28. The summed E-state index contributed by atoms with van der Waals surface area (Å²) in [6, 6.07) is 11.5. The largest absolute Gasteiger partial charge is 0.508 e. The number of aromatic carboxylic acids is 1. The van der Waals surface area contributed by atoms with Gasteiger partial charge in [-0.25, -0.2) is 4.79 Å². The Morgan fingerprint density at radius 1 is 1.21 bits per heavy atom. The third-order valence-electron chi connectivity index (χ3n) is 5.09. The van der Waals surface area contributed by atoms with Gasteiger partial charge in [0.1, 0.15) is 5.75 Å². The van der Waals surface area contributed by atoms with Gasteiger partial charge in [0, 0.05) is 16.7 Å². The second kappa shape index (κ2) is 7.68. The highest BCUT2D eigenvalue weighted by atomic mass is 16.5. The molecular formula is C22H22N2O4. The predicted octanol–water partition coefficient (Wildman–Crippen LogP) is 5.05. The molecule has 28 heavy (non-hydrogen) atoms. The number of benzene rings is 2. The quantitative estimate of drug-likeness (QED) is 0.558. The molecule has 0 saturated carbocycles. The van der Waals surface area contributed by atoms with Crippen molar-refractivity contribution < 1.29 is 19.5 Å². The van der Waals surface area contributed by atoms with Crippen LogP contribution in [0.2, 0.25) is 0 Å². The highest BCUT2D eigenvalue weighted by Gasteiger charge is 2.27. The molecule has 0 radical (unpaired) electrons. The molecule has 0 bridgehead atoms. The average Bonchev–Trinajstić information content (AvgIpc) is 3.18. The van der Waals surface area contributed by atoms with E-state index in [-0.39, 0.29) is 16.7 Å². The minimum atomic E-state index is -0.993. The summed E-state index contributed by atoms with van der Waals surface area (Å²) in [5.74, 6) is -0.0719. The molecule has 2 N–H and O–H groups in total. The number of carboxylic acids is 1. The van der Waals surface area contributed by atoms with E-state index in [4.69, 9.17) is 9.63 Å². The van der Waals surface area contributed by atoms with Crippen molar-refractivity contribution in [3.8, 4) is 28.6 Å². The lowest BCUT2D eigenvalue weighted by atomic mass is 9.76. The van der Waals surface area contributed by atoms with E-state index < -0.39 is 5.97 Å². The molecule has 0 fully saturated rings. The van der Waals surface area contributed by atoms with Crippen molar-refractivity contribution in [2.75, 3.05) is 0 Å². The number of carbonyl (C=O) groups is 1. The van der Waals surface area contributed by atoms with Gasteiger partial charge in [-0.05, 0) is 60.7 Å². The number of hydrogen-bond donors (Lipinski definition) is 2. The summed E-state index contributed by atoms with van der Waals surface area (Å²) in [4.78, 5) is 15.4. The minimum absolute atomic E-state index is 0.188. The number of aromatic nitrogens is 2. The van der Waals surface area contributed by atoms with Crippen LogP contribution in [0.4, 0.5) is 0 Å². The normalized spacial score (nSPS) is 13.1. The molecule has 6 nitrogen and oxygen atoms in total. The molecule has 1 aromatic heterocycles. The van der Waals surface area contributed by atoms with Crippen molar-refractivity contribution in [2.45, 2.75) is 32.1 Å². The third kappa shape index (κ3) is 3.67. The maximum absolute atomic E-state index is 11.0. The van der Waals surface area contributed by atoms with Crippen LogP contribution in [0.3, 0.4) is 0 Å². The molecule has 2 aromatic carbocycles. The third-order valence-corrected chi connectivity index (χ3v) is 5.09. The van der Waals surface area contributed by atoms with Gasteiger partial charge in [0.05, 0.1) is 5.56 Å². The van der Waals surface area contributed by atoms with Gasteiger partial charge >= 0.3 is 5.97 Å². The molecule has 0 aliphatic heterocycles. The zero-order chi connectivity index (χ0) is 20.3. The van der Waals surface area contributed by atoms with Crippen LogP contribution in [0.5, 0.6) is 5.75 Å². The van der Waals surface area contributed by atoms with Crippen molar-refractivity contribution in [3.63, 3.8) is 0 Å². The highest BCUT2D eigenvalue weighted by molar-refractivity contribution is 5.88. The minimum Gasteiger partial charge on any atom is -0.508 e. The molecule has 6 heteroatoms. The second-order valence-electron chi connectivity index (χ2n) is 6.94. The van der Waals surface area contributed by atoms with Crippen molar-refractivity contribution in [1.82, 2.24) is 10.1 Å². The summed E-state index contributed by atoms with van der Waals surface area (Å²) in [6.45, 7) is 7.98. The van der Waals surface area contributed by atoms with E-state index >= 15 is 0 Å². The number of rotatable bonds is 7. The molecule has 0 amide bonds. The van der Waals surface area contributed by atoms with Crippen LogP contribution in [0.1, 0.15) is 42.6 Å². The first-order valence-corrected chi connectivity index (χ1v) is 9.00. The number of nitrogens with zero attached hydrogens (tertiary/aromatic N) is 2. The number of carboxylic acid groups (broad SMARTS) is 1. The Morgan fingerprint density at radius 3 is 2.50 bits per heavy atom. The number of allylic oxidation sites excluding steroid dienone is 1. The van der Waals surface area contributed by atoms with Gasteiger partial charge in [-0.2, -0.15) is 4.98 Å². The molecule has 144 valence electrons. The first kappa shape index (κ1) is 19.4. The van der Waals surface area contributed by atoms with Gasteiger partial charge < -0.3 is 14.7 Å². The Morgan fingerprint density at radius 2 is 1.89 bits per heavy atom. The smallest absolute Gasteiger partial charge is 0.335 e. The second-order valence-corrected chi connectivity index (χ2v) is 6.94. The molecule has 1 unspecified atom stereocenters. The van der Waals surface area contributed by atoms with Crippen molar-refractivity contribution in [3.05, 3.63) is 66.2 Å². The monoisotopic (exact) mass is 378 g/mol. The van der Waals surface area contributed by atoms with E-state index in [2.05, 4.69) is 30.6 Å². The molecule has 0 spiro atoms. The lowest BCUT2D eigenvalue weighted by molar-refractivity contribution is 0.0697. The molecule has 0 aliphatic rings. The van der Waals surface area contributed by atoms with E-state index in [0.717, 1.165) is 24.0 Å². The molecule has 0 saturated heterocycles. The van der Waals surface area contributed by atoms with Gasteiger partial charge in [0.15, 0.2) is 0 Å². The maximum atomic E-state index is 11.0. The van der Waals surface area contributed by atoms with Crippen molar-refractivity contribution in [2.24, 2.45) is 0 Å². The Kier molecular flexibility index (Phi) is 5.31. The van der Waals surface area contributed by atoms with Crippen LogP contribution >= 0.6 is 0 Å². The molecular weight excluding hydrogens is 356 g/mol. The van der Waals surface area contributed by atoms with Crippen LogP contribution in [-0.4, -0.2) is 26.3 Å². The average molecular weight is 378 g/mol. The highest BCUT2D eigenvalue weighted by Crippen LogP contribution is 2.39. The predicted molar refractivity (Wildman–Crippen MR) is 106 cm³/mol. The SMILES string of the molecule is C=CCC(C)(CC)c1cc(-c2noc(-c3ccc(C(=O)O)cc3)n2)ccc1O. The van der Waals surface area contributed by atoms with Crippen LogP contribution in [0, 0.1) is 0 Å². The Labute approximate surface area is 163 Å². The lowest BCUT2D eigenvalue weighted by Crippen LogP contribution is -2.20. The first-order chi connectivity index (χ1) is 13.4. The zero-order valence-corrected chi connectivity index (χ0v) is 15.8. The van der Waals surface area contributed by atoms with Gasteiger partial charge in [-0.3, -0.25) is 0 Å². The van der Waals surface area contributed by atoms with Crippen LogP contribution in [0.25, 0.3) is 22.8 Å². The number of aromatic hydroxyl groups is 1. The fraction of sp³-hybridized carbons (Fsp3) is 0.227. The summed E-state index contributed by atoms with van der Waals surface area (Å²) < 4.78 is 5.35. The van der Waals surface area contributed by atoms with E-state index in [9.17, 15) is 9.90 Å². The fourth-order valence-electron chi connectivity index (χ4n) is 3.14. The first-order valence-electron chi connectivity index (χ1n) is 9.00. The Hall–Kier alpha value is -3.41. The summed E-state index contributed by atoms with van der Waals surface area (Å²) >= 11 is 0. The number of phenolic OH excluding ortho intramolecular Hbond substituents is 1. The topological polar surface area (TPSA) is 96.5 Å². The zero-order valence-electron chi connectivity index (χ0n) is 15.8. The van der Waals surface area contributed by atoms with E-state index in [0.29, 0.717) is 17.3 Å². The van der Waals surface area contributed by atoms with E-state index in [1.807, 2.05) is 12.1 Å². The molecule has 1 heterocycles. The fourth-order valence-corrected chi connectivity index (χ4v) is 3.14.